The van der Waals surface area contributed by atoms with Gasteiger partial charge in [0.05, 0.1) is 40.8 Å². The van der Waals surface area contributed by atoms with Gasteiger partial charge in [0.25, 0.3) is 0 Å². The molecule has 2 heterocycles. The first-order valence-electron chi connectivity index (χ1n) is 5.90. The first-order chi connectivity index (χ1) is 8.13. The Bertz CT molecular complexity index is 379. The summed E-state index contributed by atoms with van der Waals surface area (Å²) < 4.78 is 6.65. The molecule has 0 bridgehead atoms. The van der Waals surface area contributed by atoms with E-state index in [0.717, 1.165) is 29.7 Å². The number of ether oxygens (including phenoxy) is 1. The summed E-state index contributed by atoms with van der Waals surface area (Å²) in [6.07, 6.45) is 4.77. The molecule has 2 atom stereocenters. The molecule has 0 radical (unpaired) electrons. The molecule has 0 aromatic carbocycles. The topological polar surface area (TPSA) is 51.4 Å². The van der Waals surface area contributed by atoms with E-state index < -0.39 is 0 Å². The lowest BCUT2D eigenvalue weighted by molar-refractivity contribution is 0.0299. The van der Waals surface area contributed by atoms with Crippen LogP contribution in [0.3, 0.4) is 0 Å². The molecule has 1 aliphatic rings. The lowest BCUT2D eigenvalue weighted by Crippen LogP contribution is -2.49. The Morgan fingerprint density at radius 1 is 1.59 bits per heavy atom. The number of aromatic nitrogens is 1. The summed E-state index contributed by atoms with van der Waals surface area (Å²) in [6.45, 7) is 5.88. The Kier molecular flexibility index (Phi) is 3.89. The fourth-order valence-electron chi connectivity index (χ4n) is 2.20. The summed E-state index contributed by atoms with van der Waals surface area (Å²) in [5.41, 5.74) is 7.80. The van der Waals surface area contributed by atoms with E-state index in [4.69, 9.17) is 10.5 Å². The van der Waals surface area contributed by atoms with E-state index in [0.29, 0.717) is 11.7 Å². The van der Waals surface area contributed by atoms with Crippen LogP contribution in [0.4, 0.5) is 11.4 Å². The van der Waals surface area contributed by atoms with Gasteiger partial charge in [-0.05, 0) is 29.3 Å². The minimum atomic E-state index is 0.234. The molecule has 17 heavy (non-hydrogen) atoms. The van der Waals surface area contributed by atoms with Crippen molar-refractivity contribution in [2.45, 2.75) is 32.4 Å². The second-order valence-corrected chi connectivity index (χ2v) is 5.27. The molecule has 1 aromatic heterocycles. The zero-order valence-electron chi connectivity index (χ0n) is 10.2. The fourth-order valence-corrected chi connectivity index (χ4v) is 2.78. The Balaban J connectivity index is 2.35. The molecule has 0 spiro atoms. The number of morpholine rings is 1. The molecule has 1 fully saturated rings. The molecule has 4 nitrogen and oxygen atoms in total. The number of nitrogens with two attached hydrogens (primary N) is 1. The van der Waals surface area contributed by atoms with E-state index in [9.17, 15) is 0 Å². The van der Waals surface area contributed by atoms with Gasteiger partial charge in [-0.1, -0.05) is 6.92 Å². The van der Waals surface area contributed by atoms with Gasteiger partial charge in [0.2, 0.25) is 0 Å². The number of nitrogens with zero attached hydrogens (tertiary/aromatic N) is 2. The number of hydrogen-bond acceptors (Lipinski definition) is 4. The van der Waals surface area contributed by atoms with Crippen LogP contribution in [-0.2, 0) is 4.74 Å². The van der Waals surface area contributed by atoms with Gasteiger partial charge in [0, 0.05) is 12.7 Å². The van der Waals surface area contributed by atoms with Crippen molar-refractivity contribution in [3.63, 3.8) is 0 Å². The molecule has 0 amide bonds. The number of pyridine rings is 1. The maximum absolute atomic E-state index is 6.04. The molecule has 1 saturated heterocycles. The zero-order valence-corrected chi connectivity index (χ0v) is 11.8. The molecule has 94 valence electrons. The van der Waals surface area contributed by atoms with E-state index in [1.165, 1.54) is 0 Å². The molecule has 2 rings (SSSR count). The van der Waals surface area contributed by atoms with Crippen LogP contribution in [0.25, 0.3) is 0 Å². The fraction of sp³-hybridized carbons (Fsp3) is 0.583. The van der Waals surface area contributed by atoms with E-state index >= 15 is 0 Å². The van der Waals surface area contributed by atoms with Crippen molar-refractivity contribution >= 4 is 27.3 Å². The van der Waals surface area contributed by atoms with Crippen LogP contribution in [0.5, 0.6) is 0 Å². The molecule has 0 aliphatic carbocycles. The summed E-state index contributed by atoms with van der Waals surface area (Å²) in [5, 5.41) is 0. The highest BCUT2D eigenvalue weighted by molar-refractivity contribution is 9.10. The van der Waals surface area contributed by atoms with Crippen LogP contribution in [0.2, 0.25) is 0 Å². The largest absolute Gasteiger partial charge is 0.396 e. The summed E-state index contributed by atoms with van der Waals surface area (Å²) in [7, 11) is 0. The van der Waals surface area contributed by atoms with Crippen molar-refractivity contribution in [2.24, 2.45) is 0 Å². The third kappa shape index (κ3) is 2.55. The molecule has 5 heteroatoms. The van der Waals surface area contributed by atoms with Crippen molar-refractivity contribution in [1.82, 2.24) is 4.98 Å². The van der Waals surface area contributed by atoms with Crippen LogP contribution >= 0.6 is 15.9 Å². The predicted octanol–water partition coefficient (Wildman–Crippen LogP) is 2.43. The Morgan fingerprint density at radius 2 is 2.35 bits per heavy atom. The second-order valence-electron chi connectivity index (χ2n) is 4.42. The number of anilines is 2. The third-order valence-electron chi connectivity index (χ3n) is 3.13. The van der Waals surface area contributed by atoms with Gasteiger partial charge in [-0.3, -0.25) is 4.98 Å². The zero-order chi connectivity index (χ0) is 12.4. The SMILES string of the molecule is CCC1COC(C)CN1c1c(N)cncc1Br. The summed E-state index contributed by atoms with van der Waals surface area (Å²) >= 11 is 3.53. The van der Waals surface area contributed by atoms with E-state index in [-0.39, 0.29) is 6.10 Å². The lowest BCUT2D eigenvalue weighted by Gasteiger charge is -2.40. The van der Waals surface area contributed by atoms with Gasteiger partial charge in [0.1, 0.15) is 0 Å². The Labute approximate surface area is 110 Å². The first-order valence-corrected chi connectivity index (χ1v) is 6.70. The first kappa shape index (κ1) is 12.6. The second kappa shape index (κ2) is 5.23. The van der Waals surface area contributed by atoms with Gasteiger partial charge in [0.15, 0.2) is 0 Å². The van der Waals surface area contributed by atoms with Crippen molar-refractivity contribution < 1.29 is 4.74 Å². The smallest absolute Gasteiger partial charge is 0.0780 e. The highest BCUT2D eigenvalue weighted by Gasteiger charge is 2.28. The number of hydrogen-bond donors (Lipinski definition) is 1. The Hall–Kier alpha value is -0.810. The van der Waals surface area contributed by atoms with E-state index in [2.05, 4.69) is 39.7 Å². The minimum Gasteiger partial charge on any atom is -0.396 e. The molecule has 1 aromatic rings. The normalized spacial score (nSPS) is 25.0. The van der Waals surface area contributed by atoms with Crippen LogP contribution in [-0.4, -0.2) is 30.3 Å². The van der Waals surface area contributed by atoms with Gasteiger partial charge in [-0.2, -0.15) is 0 Å². The van der Waals surface area contributed by atoms with Crippen molar-refractivity contribution in [1.29, 1.82) is 0 Å². The highest BCUT2D eigenvalue weighted by Crippen LogP contribution is 2.34. The van der Waals surface area contributed by atoms with Crippen molar-refractivity contribution in [3.8, 4) is 0 Å². The number of nitrogen functional groups attached to an aromatic ring is 1. The molecule has 1 aliphatic heterocycles. The van der Waals surface area contributed by atoms with E-state index in [1.54, 1.807) is 12.4 Å². The lowest BCUT2D eigenvalue weighted by atomic mass is 10.1. The number of rotatable bonds is 2. The van der Waals surface area contributed by atoms with E-state index in [1.807, 2.05) is 0 Å². The highest BCUT2D eigenvalue weighted by atomic mass is 79.9. The average molecular weight is 300 g/mol. The Morgan fingerprint density at radius 3 is 3.00 bits per heavy atom. The number of halogens is 1. The van der Waals surface area contributed by atoms with Crippen LogP contribution in [0.15, 0.2) is 16.9 Å². The monoisotopic (exact) mass is 299 g/mol. The summed E-state index contributed by atoms with van der Waals surface area (Å²) in [5.74, 6) is 0. The molecule has 0 saturated carbocycles. The average Bonchev–Trinajstić information content (AvgIpc) is 2.29. The van der Waals surface area contributed by atoms with Gasteiger partial charge in [-0.25, -0.2) is 0 Å². The molecular weight excluding hydrogens is 282 g/mol. The minimum absolute atomic E-state index is 0.234. The van der Waals surface area contributed by atoms with Gasteiger partial charge in [-0.15, -0.1) is 0 Å². The standard InChI is InChI=1S/C12H18BrN3O/c1-3-9-7-17-8(2)6-16(9)12-10(13)4-15-5-11(12)14/h4-5,8-9H,3,6-7,14H2,1-2H3. The third-order valence-corrected chi connectivity index (χ3v) is 3.71. The maximum atomic E-state index is 6.04. The summed E-state index contributed by atoms with van der Waals surface area (Å²) in [6, 6.07) is 0.382. The summed E-state index contributed by atoms with van der Waals surface area (Å²) in [4.78, 5) is 6.41. The molecular formula is C12H18BrN3O. The van der Waals surface area contributed by atoms with Crippen molar-refractivity contribution in [3.05, 3.63) is 16.9 Å². The molecule has 2 unspecified atom stereocenters. The van der Waals surface area contributed by atoms with Crippen LogP contribution in [0, 0.1) is 0 Å². The predicted molar refractivity (Wildman–Crippen MR) is 73.2 cm³/mol. The molecule has 2 N–H and O–H groups in total. The van der Waals surface area contributed by atoms with Crippen molar-refractivity contribution in [2.75, 3.05) is 23.8 Å². The maximum Gasteiger partial charge on any atom is 0.0780 e. The quantitative estimate of drug-likeness (QED) is 0.911. The van der Waals surface area contributed by atoms with Crippen LogP contribution in [0.1, 0.15) is 20.3 Å². The van der Waals surface area contributed by atoms with Crippen LogP contribution < -0.4 is 10.6 Å². The van der Waals surface area contributed by atoms with Gasteiger partial charge < -0.3 is 15.4 Å². The van der Waals surface area contributed by atoms with Gasteiger partial charge >= 0.3 is 0 Å².